The Hall–Kier alpha value is -1.68. The fourth-order valence-corrected chi connectivity index (χ4v) is 2.92. The fraction of sp³-hybridized carbons (Fsp3) is 0.0400. The van der Waals surface area contributed by atoms with Gasteiger partial charge >= 0.3 is 17.1 Å². The van der Waals surface area contributed by atoms with E-state index in [4.69, 9.17) is 12.2 Å². The number of hydrogen-bond donors (Lipinski definition) is 2. The Balaban J connectivity index is 0.000000468. The summed E-state index contributed by atoms with van der Waals surface area (Å²) in [5.41, 5.74) is 3.62. The second kappa shape index (κ2) is 12.9. The van der Waals surface area contributed by atoms with Crippen LogP contribution in [0.2, 0.25) is 0 Å². The Morgan fingerprint density at radius 3 is 2.03 bits per heavy atom. The van der Waals surface area contributed by atoms with Gasteiger partial charge in [-0.2, -0.15) is 0 Å². The molecule has 0 aliphatic heterocycles. The normalized spacial score (nSPS) is 15.5. The molecule has 4 rings (SSSR count). The van der Waals surface area contributed by atoms with Crippen molar-refractivity contribution in [3.05, 3.63) is 129 Å². The summed E-state index contributed by atoms with van der Waals surface area (Å²) in [6.07, 6.45) is 18.1. The maximum absolute atomic E-state index is 12.2. The third-order valence-corrected chi connectivity index (χ3v) is 4.42. The molecule has 0 atom stereocenters. The molecule has 10 radical (unpaired) electrons. The summed E-state index contributed by atoms with van der Waals surface area (Å²) >= 11 is 5.24. The Morgan fingerprint density at radius 2 is 1.43 bits per heavy atom. The molecule has 2 aromatic carbocycles. The summed E-state index contributed by atoms with van der Waals surface area (Å²) in [5.74, 6) is 0.924. The van der Waals surface area contributed by atoms with Gasteiger partial charge in [-0.25, -0.2) is 0 Å². The summed E-state index contributed by atoms with van der Waals surface area (Å²) in [6, 6.07) is 15.3. The van der Waals surface area contributed by atoms with E-state index in [0.717, 1.165) is 22.7 Å². The van der Waals surface area contributed by atoms with Gasteiger partial charge in [0.15, 0.2) is 5.11 Å². The predicted molar refractivity (Wildman–Crippen MR) is 122 cm³/mol. The van der Waals surface area contributed by atoms with Gasteiger partial charge in [-0.1, -0.05) is 29.8 Å². The molecule has 150 valence electrons. The molecule has 0 saturated heterocycles. The molecule has 5 heteroatoms. The minimum atomic E-state index is -0.223. The first-order valence-corrected chi connectivity index (χ1v) is 9.70. The van der Waals surface area contributed by atoms with Crippen LogP contribution in [0.25, 0.3) is 0 Å². The van der Waals surface area contributed by atoms with Crippen LogP contribution in [0.1, 0.15) is 21.5 Å². The molecular weight excluding hydrogens is 432 g/mol. The molecule has 0 aromatic heterocycles. The number of anilines is 1. The minimum absolute atomic E-state index is 0. The molecule has 0 unspecified atom stereocenters. The first-order valence-electron chi connectivity index (χ1n) is 9.29. The molecule has 3 nitrogen and oxygen atoms in total. The van der Waals surface area contributed by atoms with Gasteiger partial charge < -0.3 is 5.32 Å². The third kappa shape index (κ3) is 7.86. The van der Waals surface area contributed by atoms with Crippen LogP contribution >= 0.6 is 12.2 Å². The van der Waals surface area contributed by atoms with Crippen LogP contribution in [0, 0.1) is 70.6 Å². The average molecular weight is 454 g/mol. The van der Waals surface area contributed by atoms with E-state index in [1.165, 1.54) is 0 Å². The summed E-state index contributed by atoms with van der Waals surface area (Å²) in [7, 11) is 0. The summed E-state index contributed by atoms with van der Waals surface area (Å²) < 4.78 is 0. The second-order valence-electron chi connectivity index (χ2n) is 6.49. The van der Waals surface area contributed by atoms with Crippen molar-refractivity contribution < 1.29 is 21.9 Å². The van der Waals surface area contributed by atoms with Crippen LogP contribution in [-0.2, 0) is 17.1 Å². The van der Waals surface area contributed by atoms with E-state index in [0.29, 0.717) is 5.56 Å². The predicted octanol–water partition coefficient (Wildman–Crippen LogP) is 4.89. The fourth-order valence-electron chi connectivity index (χ4n) is 2.71. The van der Waals surface area contributed by atoms with Crippen LogP contribution in [0.5, 0.6) is 0 Å². The number of thiocarbonyl (C=S) groups is 1. The zero-order chi connectivity index (χ0) is 20.5. The molecule has 0 heterocycles. The van der Waals surface area contributed by atoms with E-state index in [9.17, 15) is 4.79 Å². The molecule has 30 heavy (non-hydrogen) atoms. The molecule has 0 bridgehead atoms. The largest absolute Gasteiger partial charge is 2.00 e. The van der Waals surface area contributed by atoms with Gasteiger partial charge in [-0.3, -0.25) is 10.1 Å². The van der Waals surface area contributed by atoms with E-state index in [2.05, 4.69) is 23.5 Å². The van der Waals surface area contributed by atoms with Gasteiger partial charge in [0.25, 0.3) is 5.91 Å². The zero-order valence-electron chi connectivity index (χ0n) is 16.5. The molecule has 2 aliphatic carbocycles. The molecule has 2 fully saturated rings. The van der Waals surface area contributed by atoms with Crippen molar-refractivity contribution in [1.82, 2.24) is 5.32 Å². The van der Waals surface area contributed by atoms with Crippen molar-refractivity contribution in [2.24, 2.45) is 0 Å². The molecule has 1 amide bonds. The van der Waals surface area contributed by atoms with E-state index < -0.39 is 0 Å². The van der Waals surface area contributed by atoms with Crippen LogP contribution < -0.4 is 10.6 Å². The van der Waals surface area contributed by atoms with Crippen molar-refractivity contribution in [1.29, 1.82) is 0 Å². The van der Waals surface area contributed by atoms with Gasteiger partial charge in [0.1, 0.15) is 0 Å². The first kappa shape index (κ1) is 24.6. The summed E-state index contributed by atoms with van der Waals surface area (Å²) in [5, 5.41) is 6.03. The van der Waals surface area contributed by atoms with Crippen LogP contribution in [-0.4, -0.2) is 11.0 Å². The van der Waals surface area contributed by atoms with Crippen LogP contribution in [0.4, 0.5) is 5.69 Å². The van der Waals surface area contributed by atoms with Crippen molar-refractivity contribution in [2.45, 2.75) is 6.92 Å². The van der Waals surface area contributed by atoms with Gasteiger partial charge in [0, 0.05) is 17.2 Å². The first-order chi connectivity index (χ1) is 14.1. The van der Waals surface area contributed by atoms with E-state index in [-0.39, 0.29) is 28.1 Å². The van der Waals surface area contributed by atoms with Crippen molar-refractivity contribution in [2.75, 3.05) is 5.32 Å². The van der Waals surface area contributed by atoms with Crippen molar-refractivity contribution in [3.63, 3.8) is 0 Å². The number of aryl methyl sites for hydroxylation is 1. The monoisotopic (exact) mass is 454 g/mol. The molecule has 2 saturated carbocycles. The number of amides is 1. The summed E-state index contributed by atoms with van der Waals surface area (Å²) in [4.78, 5) is 12.2. The summed E-state index contributed by atoms with van der Waals surface area (Å²) in [6.45, 7) is 1.98. The third-order valence-electron chi connectivity index (χ3n) is 4.21. The van der Waals surface area contributed by atoms with Crippen molar-refractivity contribution in [3.8, 4) is 0 Å². The minimum Gasteiger partial charge on any atom is -0.332 e. The van der Waals surface area contributed by atoms with E-state index >= 15 is 0 Å². The Labute approximate surface area is 196 Å². The Morgan fingerprint density at radius 1 is 0.833 bits per heavy atom. The van der Waals surface area contributed by atoms with Gasteiger partial charge in [-0.15, -0.1) is 0 Å². The Kier molecular flexibility index (Phi) is 10.6. The molecule has 2 N–H and O–H groups in total. The van der Waals surface area contributed by atoms with E-state index in [1.54, 1.807) is 12.1 Å². The average Bonchev–Trinajstić information content (AvgIpc) is 3.45. The van der Waals surface area contributed by atoms with E-state index in [1.807, 2.05) is 88.3 Å². The number of benzene rings is 2. The topological polar surface area (TPSA) is 41.1 Å². The Bertz CT molecular complexity index is 805. The smallest absolute Gasteiger partial charge is 0.332 e. The van der Waals surface area contributed by atoms with Crippen molar-refractivity contribution >= 4 is 28.9 Å². The van der Waals surface area contributed by atoms with Crippen LogP contribution in [0.15, 0.2) is 48.5 Å². The maximum Gasteiger partial charge on any atom is 2.00 e. The van der Waals surface area contributed by atoms with Gasteiger partial charge in [0.05, 0.1) is 0 Å². The number of carbonyl (C=O) groups is 1. The number of carbonyl (C=O) groups excluding carboxylic acids is 1. The number of rotatable bonds is 3. The second-order valence-corrected chi connectivity index (χ2v) is 6.90. The molecule has 2 aliphatic rings. The number of nitrogens with one attached hydrogen (secondary N) is 2. The molecule has 0 spiro atoms. The SMILES string of the molecule is Cc1ccc(C(=O)NC(=S)Nc2cccc([C]3[CH][CH][CH][CH]3)c2)cc1.[CH]1[CH][CH][CH][CH]1.[Fe+2]. The maximum atomic E-state index is 12.2. The molecular formula is C25H22FeN2OS+2. The quantitative estimate of drug-likeness (QED) is 0.513. The standard InChI is InChI=1S/C20H17N2OS.C5H5.Fe/c1-14-9-11-16(12-10-14)19(23)22-20(24)21-18-8-4-7-17(13-18)15-5-2-3-6-15;1-2-4-5-3-1;/h2-13H,1H3,(H2,21,22,23,24);1-5H;/q;;+2. The zero-order valence-corrected chi connectivity index (χ0v) is 18.4. The molecule has 2 aromatic rings. The van der Waals surface area contributed by atoms with Gasteiger partial charge in [-0.05, 0) is 107 Å². The number of hydrogen-bond acceptors (Lipinski definition) is 2. The van der Waals surface area contributed by atoms with Gasteiger partial charge in [0.2, 0.25) is 0 Å². The van der Waals surface area contributed by atoms with Crippen LogP contribution in [0.3, 0.4) is 0 Å².